The first-order valence-corrected chi connectivity index (χ1v) is 9.36. The number of hydrogen-bond acceptors (Lipinski definition) is 4. The van der Waals surface area contributed by atoms with Crippen molar-refractivity contribution in [1.29, 1.82) is 0 Å². The zero-order chi connectivity index (χ0) is 18.5. The average molecular weight is 380 g/mol. The molecule has 0 unspecified atom stereocenters. The van der Waals surface area contributed by atoms with E-state index in [2.05, 4.69) is 15.5 Å². The summed E-state index contributed by atoms with van der Waals surface area (Å²) in [4.78, 5) is 13.2. The Hall–Kier alpha value is -2.79. The molecule has 0 amide bonds. The first kappa shape index (κ1) is 16.4. The molecule has 27 heavy (non-hydrogen) atoms. The van der Waals surface area contributed by atoms with Crippen LogP contribution in [0, 0.1) is 6.92 Å². The van der Waals surface area contributed by atoms with E-state index in [9.17, 15) is 4.79 Å². The van der Waals surface area contributed by atoms with E-state index in [-0.39, 0.29) is 17.6 Å². The number of fused-ring (bicyclic) bond motifs is 1. The average Bonchev–Trinajstić information content (AvgIpc) is 3.31. The zero-order valence-corrected chi connectivity index (χ0v) is 15.5. The molecule has 1 aliphatic carbocycles. The van der Waals surface area contributed by atoms with Crippen LogP contribution in [0.25, 0.3) is 0 Å². The molecule has 0 saturated heterocycles. The predicted octanol–water partition coefficient (Wildman–Crippen LogP) is 4.92. The van der Waals surface area contributed by atoms with Crippen molar-refractivity contribution < 1.29 is 9.21 Å². The number of furan rings is 1. The number of nitrogens with one attached hydrogen (secondary N) is 2. The molecule has 136 valence electrons. The van der Waals surface area contributed by atoms with Gasteiger partial charge in [0.2, 0.25) is 0 Å². The Balaban J connectivity index is 1.64. The predicted molar refractivity (Wildman–Crippen MR) is 103 cm³/mol. The van der Waals surface area contributed by atoms with Crippen LogP contribution in [-0.2, 0) is 4.79 Å². The Morgan fingerprint density at radius 3 is 2.74 bits per heavy atom. The van der Waals surface area contributed by atoms with Gasteiger partial charge in [0.05, 0.1) is 6.26 Å². The van der Waals surface area contributed by atoms with Crippen LogP contribution >= 0.6 is 11.6 Å². The van der Waals surface area contributed by atoms with E-state index in [1.807, 2.05) is 43.3 Å². The number of aryl methyl sites for hydroxylation is 1. The molecule has 3 heterocycles. The Morgan fingerprint density at radius 1 is 1.19 bits per heavy atom. The molecule has 5 nitrogen and oxygen atoms in total. The van der Waals surface area contributed by atoms with Crippen LogP contribution < -0.4 is 5.32 Å². The van der Waals surface area contributed by atoms with Crippen molar-refractivity contribution in [3.63, 3.8) is 0 Å². The molecule has 6 heteroatoms. The number of aromatic amines is 1. The second kappa shape index (κ2) is 6.13. The number of rotatable bonds is 2. The quantitative estimate of drug-likeness (QED) is 0.662. The van der Waals surface area contributed by atoms with E-state index < -0.39 is 0 Å². The molecule has 2 N–H and O–H groups in total. The van der Waals surface area contributed by atoms with Crippen LogP contribution in [0.3, 0.4) is 0 Å². The van der Waals surface area contributed by atoms with Crippen LogP contribution in [-0.4, -0.2) is 16.0 Å². The van der Waals surface area contributed by atoms with E-state index in [0.29, 0.717) is 11.4 Å². The number of H-pyrrole nitrogens is 1. The minimum absolute atomic E-state index is 0.0474. The Labute approximate surface area is 161 Å². The lowest BCUT2D eigenvalue weighted by Gasteiger charge is -2.34. The van der Waals surface area contributed by atoms with E-state index in [1.54, 1.807) is 6.26 Å². The molecular formula is C21H18ClN3O2. The van der Waals surface area contributed by atoms with E-state index >= 15 is 0 Å². The van der Waals surface area contributed by atoms with E-state index in [4.69, 9.17) is 16.0 Å². The van der Waals surface area contributed by atoms with Crippen LogP contribution in [0.1, 0.15) is 47.3 Å². The summed E-state index contributed by atoms with van der Waals surface area (Å²) in [6.07, 6.45) is 2.83. The first-order chi connectivity index (χ1) is 13.1. The first-order valence-electron chi connectivity index (χ1n) is 8.99. The maximum atomic E-state index is 13.2. The van der Waals surface area contributed by atoms with E-state index in [0.717, 1.165) is 46.1 Å². The fraction of sp³-hybridized carbons (Fsp3) is 0.238. The minimum Gasteiger partial charge on any atom is -0.469 e. The second-order valence-corrected chi connectivity index (χ2v) is 7.59. The Morgan fingerprint density at radius 2 is 2.00 bits per heavy atom. The van der Waals surface area contributed by atoms with Crippen molar-refractivity contribution in [2.75, 3.05) is 5.32 Å². The van der Waals surface area contributed by atoms with Gasteiger partial charge in [-0.3, -0.25) is 9.89 Å². The number of Topliss-reactive ketones (excluding diaryl/α,β-unsaturated/α-hetero) is 1. The largest absolute Gasteiger partial charge is 0.469 e. The summed E-state index contributed by atoms with van der Waals surface area (Å²) in [5.41, 5.74) is 4.80. The number of hydrogen-bond donors (Lipinski definition) is 2. The summed E-state index contributed by atoms with van der Waals surface area (Å²) >= 11 is 6.08. The number of aromatic nitrogens is 2. The highest BCUT2D eigenvalue weighted by Crippen LogP contribution is 2.48. The number of allylic oxidation sites excluding steroid dienone is 2. The number of halogens is 1. The maximum absolute atomic E-state index is 13.2. The van der Waals surface area contributed by atoms with Gasteiger partial charge in [-0.25, -0.2) is 0 Å². The number of ketones is 1. The molecule has 2 atom stereocenters. The lowest BCUT2D eigenvalue weighted by Crippen LogP contribution is -2.29. The molecule has 1 aliphatic heterocycles. The SMILES string of the molecule is Cc1[nH]nc2c1[C@@H](c1ccc(Cl)cc1)C1=C(C[C@@H](c3ccco3)CC1=O)N2. The fourth-order valence-electron chi connectivity index (χ4n) is 4.27. The summed E-state index contributed by atoms with van der Waals surface area (Å²) < 4.78 is 5.56. The molecule has 0 spiro atoms. The maximum Gasteiger partial charge on any atom is 0.162 e. The van der Waals surface area contributed by atoms with Crippen molar-refractivity contribution in [2.24, 2.45) is 0 Å². The van der Waals surface area contributed by atoms with Gasteiger partial charge in [-0.2, -0.15) is 5.10 Å². The number of anilines is 1. The fourth-order valence-corrected chi connectivity index (χ4v) is 4.40. The third-order valence-electron chi connectivity index (χ3n) is 5.50. The standard InChI is InChI=1S/C21H18ClN3O2/c1-11-18-19(12-4-6-14(22)7-5-12)20-15(23-21(18)25-24-11)9-13(10-16(20)26)17-3-2-8-27-17/h2-8,13,19H,9-10H2,1H3,(H2,23,24,25)/t13-,19-/m1/s1. The summed E-state index contributed by atoms with van der Waals surface area (Å²) in [6.45, 7) is 1.99. The van der Waals surface area contributed by atoms with Gasteiger partial charge in [0.15, 0.2) is 11.6 Å². The summed E-state index contributed by atoms with van der Waals surface area (Å²) in [5, 5.41) is 11.6. The molecule has 0 radical (unpaired) electrons. The summed E-state index contributed by atoms with van der Waals surface area (Å²) in [5.74, 6) is 1.70. The lowest BCUT2D eigenvalue weighted by atomic mass is 9.73. The molecule has 5 rings (SSSR count). The van der Waals surface area contributed by atoms with Crippen molar-refractivity contribution in [2.45, 2.75) is 31.6 Å². The van der Waals surface area contributed by atoms with Gasteiger partial charge in [0, 0.05) is 45.8 Å². The molecule has 0 fully saturated rings. The second-order valence-electron chi connectivity index (χ2n) is 7.16. The van der Waals surface area contributed by atoms with Gasteiger partial charge >= 0.3 is 0 Å². The van der Waals surface area contributed by atoms with Crippen molar-refractivity contribution in [3.8, 4) is 0 Å². The number of benzene rings is 1. The van der Waals surface area contributed by atoms with Gasteiger partial charge in [-0.05, 0) is 43.2 Å². The highest BCUT2D eigenvalue weighted by molar-refractivity contribution is 6.30. The van der Waals surface area contributed by atoms with Crippen LogP contribution in [0.15, 0.2) is 58.3 Å². The van der Waals surface area contributed by atoms with Crippen LogP contribution in [0.5, 0.6) is 0 Å². The highest BCUT2D eigenvalue weighted by Gasteiger charge is 2.40. The molecule has 0 saturated carbocycles. The van der Waals surface area contributed by atoms with Crippen molar-refractivity contribution in [3.05, 3.63) is 81.5 Å². The normalized spacial score (nSPS) is 21.6. The van der Waals surface area contributed by atoms with Gasteiger partial charge in [0.1, 0.15) is 5.76 Å². The lowest BCUT2D eigenvalue weighted by molar-refractivity contribution is -0.116. The van der Waals surface area contributed by atoms with Gasteiger partial charge in [0.25, 0.3) is 0 Å². The molecule has 2 aromatic heterocycles. The minimum atomic E-state index is -0.141. The number of carbonyl (C=O) groups excluding carboxylic acids is 1. The van der Waals surface area contributed by atoms with Crippen LogP contribution in [0.4, 0.5) is 5.82 Å². The molecule has 2 aliphatic rings. The summed E-state index contributed by atoms with van der Waals surface area (Å²) in [6, 6.07) is 11.5. The van der Waals surface area contributed by atoms with Gasteiger partial charge in [-0.1, -0.05) is 23.7 Å². The third kappa shape index (κ3) is 2.61. The van der Waals surface area contributed by atoms with E-state index in [1.165, 1.54) is 0 Å². The molecule has 1 aromatic carbocycles. The Kier molecular flexibility index (Phi) is 3.72. The third-order valence-corrected chi connectivity index (χ3v) is 5.75. The summed E-state index contributed by atoms with van der Waals surface area (Å²) in [7, 11) is 0. The molecule has 0 bridgehead atoms. The van der Waals surface area contributed by atoms with Crippen LogP contribution in [0.2, 0.25) is 5.02 Å². The smallest absolute Gasteiger partial charge is 0.162 e. The molecule has 3 aromatic rings. The highest BCUT2D eigenvalue weighted by atomic mass is 35.5. The monoisotopic (exact) mass is 379 g/mol. The topological polar surface area (TPSA) is 70.9 Å². The van der Waals surface area contributed by atoms with Gasteiger partial charge in [-0.15, -0.1) is 0 Å². The zero-order valence-electron chi connectivity index (χ0n) is 14.8. The number of nitrogens with zero attached hydrogens (tertiary/aromatic N) is 1. The van der Waals surface area contributed by atoms with Gasteiger partial charge < -0.3 is 9.73 Å². The Bertz CT molecular complexity index is 1050. The molecular weight excluding hydrogens is 362 g/mol. The van der Waals surface area contributed by atoms with Crippen molar-refractivity contribution in [1.82, 2.24) is 10.2 Å². The van der Waals surface area contributed by atoms with Crippen molar-refractivity contribution >= 4 is 23.2 Å². The number of carbonyl (C=O) groups is 1.